The molecule has 2 aromatic heterocycles. The molecule has 3 rings (SSSR count). The third-order valence-electron chi connectivity index (χ3n) is 3.15. The standard InChI is InChI=1S/C13H11BrFN5O3/c14-8-6-7(3-4-9(8)15)20-12(19-22-13(20)21)11-10(2-1-5-16)17-23-18-11/h3-4,6H,1-2,5,16H2. The maximum Gasteiger partial charge on any atom is 0.446 e. The highest BCUT2D eigenvalue weighted by atomic mass is 79.9. The van der Waals surface area contributed by atoms with Gasteiger partial charge in [-0.25, -0.2) is 18.4 Å². The van der Waals surface area contributed by atoms with Crippen molar-refractivity contribution in [3.8, 4) is 17.2 Å². The van der Waals surface area contributed by atoms with Crippen LogP contribution in [0.5, 0.6) is 0 Å². The molecule has 0 aliphatic carbocycles. The Morgan fingerprint density at radius 3 is 2.87 bits per heavy atom. The molecule has 0 aliphatic heterocycles. The molecule has 2 heterocycles. The van der Waals surface area contributed by atoms with E-state index in [1.54, 1.807) is 0 Å². The average molecular weight is 384 g/mol. The van der Waals surface area contributed by atoms with Crippen molar-refractivity contribution >= 4 is 15.9 Å². The molecule has 0 fully saturated rings. The van der Waals surface area contributed by atoms with Gasteiger partial charge in [0.25, 0.3) is 0 Å². The second kappa shape index (κ2) is 6.42. The minimum Gasteiger partial charge on any atom is -0.330 e. The van der Waals surface area contributed by atoms with Gasteiger partial charge < -0.3 is 5.73 Å². The largest absolute Gasteiger partial charge is 0.446 e. The molecule has 0 amide bonds. The molecule has 0 radical (unpaired) electrons. The molecule has 0 aliphatic rings. The van der Waals surface area contributed by atoms with Crippen LogP contribution in [0.2, 0.25) is 0 Å². The summed E-state index contributed by atoms with van der Waals surface area (Å²) >= 11 is 3.08. The third-order valence-corrected chi connectivity index (χ3v) is 3.76. The van der Waals surface area contributed by atoms with E-state index in [-0.39, 0.29) is 16.0 Å². The van der Waals surface area contributed by atoms with Crippen molar-refractivity contribution in [2.24, 2.45) is 5.73 Å². The number of aryl methyl sites for hydroxylation is 1. The first-order chi connectivity index (χ1) is 11.1. The zero-order valence-electron chi connectivity index (χ0n) is 11.7. The minimum atomic E-state index is -0.730. The Hall–Kier alpha value is -2.33. The van der Waals surface area contributed by atoms with Gasteiger partial charge in [-0.05, 0) is 58.7 Å². The summed E-state index contributed by atoms with van der Waals surface area (Å²) in [7, 11) is 0. The molecule has 2 N–H and O–H groups in total. The van der Waals surface area contributed by atoms with Gasteiger partial charge in [-0.1, -0.05) is 10.3 Å². The number of halogens is 2. The Balaban J connectivity index is 2.11. The summed E-state index contributed by atoms with van der Waals surface area (Å²) in [5.41, 5.74) is 6.64. The van der Waals surface area contributed by atoms with Crippen molar-refractivity contribution in [3.05, 3.63) is 44.7 Å². The molecule has 0 unspecified atom stereocenters. The number of nitrogens with zero attached hydrogens (tertiary/aromatic N) is 4. The summed E-state index contributed by atoms with van der Waals surface area (Å²) in [5.74, 6) is -1.06. The second-order valence-corrected chi connectivity index (χ2v) is 5.51. The minimum absolute atomic E-state index is 0.127. The Morgan fingerprint density at radius 1 is 1.30 bits per heavy atom. The SMILES string of the molecule is NCCCc1nonc1-c1noc(=O)n1-c1ccc(F)c(Br)c1. The van der Waals surface area contributed by atoms with Crippen LogP contribution in [0.25, 0.3) is 17.2 Å². The van der Waals surface area contributed by atoms with Crippen molar-refractivity contribution in [2.45, 2.75) is 12.8 Å². The van der Waals surface area contributed by atoms with E-state index in [2.05, 4.69) is 31.4 Å². The highest BCUT2D eigenvalue weighted by Gasteiger charge is 2.22. The van der Waals surface area contributed by atoms with E-state index in [1.807, 2.05) is 0 Å². The molecular weight excluding hydrogens is 373 g/mol. The van der Waals surface area contributed by atoms with Gasteiger partial charge in [0.1, 0.15) is 11.5 Å². The first-order valence-electron chi connectivity index (χ1n) is 6.68. The Kier molecular flexibility index (Phi) is 4.35. The fraction of sp³-hybridized carbons (Fsp3) is 0.231. The normalized spacial score (nSPS) is 11.1. The van der Waals surface area contributed by atoms with Crippen molar-refractivity contribution < 1.29 is 13.5 Å². The lowest BCUT2D eigenvalue weighted by molar-refractivity contribution is 0.304. The zero-order valence-corrected chi connectivity index (χ0v) is 13.3. The van der Waals surface area contributed by atoms with Crippen LogP contribution < -0.4 is 11.5 Å². The average Bonchev–Trinajstić information content (AvgIpc) is 3.14. The summed E-state index contributed by atoms with van der Waals surface area (Å²) in [4.78, 5) is 12.0. The molecule has 10 heteroatoms. The van der Waals surface area contributed by atoms with E-state index in [4.69, 9.17) is 14.9 Å². The molecule has 0 saturated heterocycles. The quantitative estimate of drug-likeness (QED) is 0.712. The Bertz CT molecular complexity index is 888. The molecular formula is C13H11BrFN5O3. The van der Waals surface area contributed by atoms with Gasteiger partial charge in [0, 0.05) is 0 Å². The summed E-state index contributed by atoms with van der Waals surface area (Å²) in [6, 6.07) is 4.08. The highest BCUT2D eigenvalue weighted by molar-refractivity contribution is 9.10. The van der Waals surface area contributed by atoms with Gasteiger partial charge in [-0.15, -0.1) is 0 Å². The summed E-state index contributed by atoms with van der Waals surface area (Å²) in [6.07, 6.45) is 1.19. The fourth-order valence-electron chi connectivity index (χ4n) is 2.06. The van der Waals surface area contributed by atoms with Crippen LogP contribution in [-0.4, -0.2) is 26.6 Å². The number of rotatable bonds is 5. The van der Waals surface area contributed by atoms with E-state index in [9.17, 15) is 9.18 Å². The van der Waals surface area contributed by atoms with Crippen LogP contribution in [0.1, 0.15) is 12.1 Å². The van der Waals surface area contributed by atoms with E-state index < -0.39 is 11.6 Å². The highest BCUT2D eigenvalue weighted by Crippen LogP contribution is 2.24. The van der Waals surface area contributed by atoms with Crippen molar-refractivity contribution in [1.29, 1.82) is 0 Å². The van der Waals surface area contributed by atoms with Gasteiger partial charge in [-0.2, -0.15) is 0 Å². The van der Waals surface area contributed by atoms with Gasteiger partial charge in [0.15, 0.2) is 5.69 Å². The lowest BCUT2D eigenvalue weighted by Gasteiger charge is -2.04. The number of aromatic nitrogens is 4. The van der Waals surface area contributed by atoms with Gasteiger partial charge in [0.05, 0.1) is 10.2 Å². The van der Waals surface area contributed by atoms with Crippen molar-refractivity contribution in [1.82, 2.24) is 20.0 Å². The van der Waals surface area contributed by atoms with E-state index in [1.165, 1.54) is 18.2 Å². The predicted octanol–water partition coefficient (Wildman–Crippen LogP) is 1.67. The smallest absolute Gasteiger partial charge is 0.330 e. The first kappa shape index (κ1) is 15.6. The van der Waals surface area contributed by atoms with E-state index in [0.717, 1.165) is 4.57 Å². The lowest BCUT2D eigenvalue weighted by atomic mass is 10.2. The van der Waals surface area contributed by atoms with Gasteiger partial charge >= 0.3 is 5.76 Å². The zero-order chi connectivity index (χ0) is 16.4. The number of benzene rings is 1. The van der Waals surface area contributed by atoms with Crippen LogP contribution in [0.3, 0.4) is 0 Å². The first-order valence-corrected chi connectivity index (χ1v) is 7.47. The molecule has 0 bridgehead atoms. The van der Waals surface area contributed by atoms with Crippen LogP contribution in [0.4, 0.5) is 4.39 Å². The number of hydrogen-bond acceptors (Lipinski definition) is 7. The third kappa shape index (κ3) is 2.94. The summed E-state index contributed by atoms with van der Waals surface area (Å²) < 4.78 is 24.2. The fourth-order valence-corrected chi connectivity index (χ4v) is 2.43. The van der Waals surface area contributed by atoms with Gasteiger partial charge in [-0.3, -0.25) is 4.52 Å². The molecule has 1 aromatic carbocycles. The van der Waals surface area contributed by atoms with Crippen LogP contribution in [0.15, 0.2) is 36.6 Å². The lowest BCUT2D eigenvalue weighted by Crippen LogP contribution is -2.14. The van der Waals surface area contributed by atoms with Gasteiger partial charge in [0.2, 0.25) is 5.82 Å². The topological polar surface area (TPSA) is 113 Å². The van der Waals surface area contributed by atoms with Crippen molar-refractivity contribution in [2.75, 3.05) is 6.54 Å². The molecule has 3 aromatic rings. The predicted molar refractivity (Wildman–Crippen MR) is 80.4 cm³/mol. The number of hydrogen-bond donors (Lipinski definition) is 1. The van der Waals surface area contributed by atoms with E-state index >= 15 is 0 Å². The molecule has 120 valence electrons. The van der Waals surface area contributed by atoms with Crippen LogP contribution in [0, 0.1) is 5.82 Å². The summed E-state index contributed by atoms with van der Waals surface area (Å²) in [5, 5.41) is 11.3. The molecule has 0 atom stereocenters. The van der Waals surface area contributed by atoms with Crippen molar-refractivity contribution in [3.63, 3.8) is 0 Å². The molecule has 0 spiro atoms. The Morgan fingerprint density at radius 2 is 2.13 bits per heavy atom. The van der Waals surface area contributed by atoms with Crippen LogP contribution >= 0.6 is 15.9 Å². The van der Waals surface area contributed by atoms with E-state index in [0.29, 0.717) is 30.8 Å². The second-order valence-electron chi connectivity index (χ2n) is 4.66. The van der Waals surface area contributed by atoms with Crippen LogP contribution in [-0.2, 0) is 6.42 Å². The summed E-state index contributed by atoms with van der Waals surface area (Å²) in [6.45, 7) is 0.475. The maximum atomic E-state index is 13.4. The molecule has 23 heavy (non-hydrogen) atoms. The molecule has 8 nitrogen and oxygen atoms in total. The maximum absolute atomic E-state index is 13.4. The molecule has 0 saturated carbocycles. The monoisotopic (exact) mass is 383 g/mol. The number of nitrogens with two attached hydrogens (primary N) is 1. The Labute approximate surface area is 137 Å².